The molecule has 3 aromatic carbocycles. The van der Waals surface area contributed by atoms with E-state index in [-0.39, 0.29) is 45.6 Å². The fraction of sp³-hybridized carbons (Fsp3) is 0.405. The highest BCUT2D eigenvalue weighted by atomic mass is 32.2. The van der Waals surface area contributed by atoms with Gasteiger partial charge in [0.05, 0.1) is 52.2 Å². The topological polar surface area (TPSA) is 91.8 Å². The summed E-state index contributed by atoms with van der Waals surface area (Å²) in [6.45, 7) is 8.35. The quantitative estimate of drug-likeness (QED) is 0.214. The van der Waals surface area contributed by atoms with Crippen LogP contribution in [0, 0.1) is 0 Å². The molecule has 260 valence electrons. The summed E-state index contributed by atoms with van der Waals surface area (Å²) in [4.78, 5) is 24.0. The molecule has 12 heteroatoms. The van der Waals surface area contributed by atoms with Gasteiger partial charge < -0.3 is 10.1 Å². The monoisotopic (exact) mass is 694 g/mol. The Balaban J connectivity index is 1.49. The van der Waals surface area contributed by atoms with Gasteiger partial charge in [-0.3, -0.25) is 14.6 Å². The molecule has 2 aliphatic rings. The van der Waals surface area contributed by atoms with E-state index in [1.165, 1.54) is 25.1 Å². The highest BCUT2D eigenvalue weighted by molar-refractivity contribution is 7.91. The Bertz CT molecular complexity index is 1910. The number of amides is 1. The van der Waals surface area contributed by atoms with E-state index in [1.54, 1.807) is 12.1 Å². The van der Waals surface area contributed by atoms with E-state index in [0.717, 1.165) is 56.7 Å². The van der Waals surface area contributed by atoms with Crippen molar-refractivity contribution in [2.24, 2.45) is 0 Å². The molecule has 0 radical (unpaired) electrons. The number of nitrogens with zero attached hydrogens (tertiary/aromatic N) is 3. The Morgan fingerprint density at radius 1 is 0.980 bits per heavy atom. The number of pyridine rings is 1. The Hall–Kier alpha value is -3.84. The van der Waals surface area contributed by atoms with Gasteiger partial charge in [0.1, 0.15) is 0 Å². The average molecular weight is 695 g/mol. The van der Waals surface area contributed by atoms with E-state index in [4.69, 9.17) is 9.72 Å². The van der Waals surface area contributed by atoms with Gasteiger partial charge in [-0.2, -0.15) is 13.2 Å². The van der Waals surface area contributed by atoms with Crippen molar-refractivity contribution in [3.8, 4) is 11.3 Å². The number of benzene rings is 3. The van der Waals surface area contributed by atoms with Gasteiger partial charge in [0, 0.05) is 42.2 Å². The van der Waals surface area contributed by atoms with E-state index in [9.17, 15) is 26.4 Å². The maximum Gasteiger partial charge on any atom is 0.416 e. The SMILES string of the molecule is CCS(=O)(=O)c1ccc2c(C(=O)NC(C)c3ccccc3)c(CN3CCC(N4CCOCC4)CC3)c(-c3cccc(C(F)(F)F)c3)nc2c1. The minimum atomic E-state index is -4.60. The van der Waals surface area contributed by atoms with Crippen molar-refractivity contribution in [1.29, 1.82) is 0 Å². The molecule has 2 aliphatic heterocycles. The average Bonchev–Trinajstić information content (AvgIpc) is 3.11. The Kier molecular flexibility index (Phi) is 10.4. The molecule has 2 fully saturated rings. The van der Waals surface area contributed by atoms with Crippen molar-refractivity contribution < 1.29 is 31.1 Å². The van der Waals surface area contributed by atoms with Crippen molar-refractivity contribution >= 4 is 26.6 Å². The third kappa shape index (κ3) is 7.82. The minimum absolute atomic E-state index is 0.0342. The lowest BCUT2D eigenvalue weighted by atomic mass is 9.93. The van der Waals surface area contributed by atoms with Crippen molar-refractivity contribution in [2.75, 3.05) is 45.1 Å². The van der Waals surface area contributed by atoms with E-state index < -0.39 is 27.5 Å². The zero-order valence-electron chi connectivity index (χ0n) is 27.7. The number of halogens is 3. The summed E-state index contributed by atoms with van der Waals surface area (Å²) in [5.74, 6) is -0.555. The van der Waals surface area contributed by atoms with Crippen LogP contribution in [-0.4, -0.2) is 80.3 Å². The summed E-state index contributed by atoms with van der Waals surface area (Å²) in [5.41, 5.74) is 1.46. The Labute approximate surface area is 285 Å². The number of alkyl halides is 3. The largest absolute Gasteiger partial charge is 0.416 e. The summed E-state index contributed by atoms with van der Waals surface area (Å²) >= 11 is 0. The molecule has 49 heavy (non-hydrogen) atoms. The molecule has 1 atom stereocenters. The standard InChI is InChI=1S/C37H41F3N4O4S/c1-3-49(46,47)30-12-13-31-33(23-30)42-35(27-10-7-11-28(22-27)37(38,39)40)32(34(31)36(45)41-25(2)26-8-5-4-6-9-26)24-43-16-14-29(15-17-43)44-18-20-48-21-19-44/h4-13,22-23,25,29H,3,14-21,24H2,1-2H3,(H,41,45). The number of morpholine rings is 1. The fourth-order valence-electron chi connectivity index (χ4n) is 6.84. The number of nitrogens with one attached hydrogen (secondary N) is 1. The first-order chi connectivity index (χ1) is 23.4. The number of carbonyl (C=O) groups excluding carboxylic acids is 1. The summed E-state index contributed by atoms with van der Waals surface area (Å²) in [6, 6.07) is 18.9. The Morgan fingerprint density at radius 2 is 1.69 bits per heavy atom. The lowest BCUT2D eigenvalue weighted by molar-refractivity contribution is -0.137. The zero-order chi connectivity index (χ0) is 34.8. The van der Waals surface area contributed by atoms with Crippen LogP contribution in [0.2, 0.25) is 0 Å². The van der Waals surface area contributed by atoms with Crippen molar-refractivity contribution in [2.45, 2.75) is 56.4 Å². The molecule has 1 N–H and O–H groups in total. The van der Waals surface area contributed by atoms with Crippen LogP contribution in [0.1, 0.15) is 59.8 Å². The first kappa shape index (κ1) is 35.0. The molecule has 0 saturated carbocycles. The zero-order valence-corrected chi connectivity index (χ0v) is 28.5. The van der Waals surface area contributed by atoms with Crippen molar-refractivity contribution in [3.63, 3.8) is 0 Å². The van der Waals surface area contributed by atoms with E-state index in [0.29, 0.717) is 30.2 Å². The molecular formula is C37H41F3N4O4S. The molecule has 1 unspecified atom stereocenters. The number of sulfone groups is 1. The predicted molar refractivity (Wildman–Crippen MR) is 183 cm³/mol. The molecule has 6 rings (SSSR count). The van der Waals surface area contributed by atoms with E-state index in [1.807, 2.05) is 37.3 Å². The lowest BCUT2D eigenvalue weighted by Crippen LogP contribution is -2.48. The number of piperidine rings is 1. The summed E-state index contributed by atoms with van der Waals surface area (Å²) in [7, 11) is -3.64. The molecule has 0 aliphatic carbocycles. The van der Waals surface area contributed by atoms with Gasteiger partial charge in [0.25, 0.3) is 5.91 Å². The van der Waals surface area contributed by atoms with Crippen LogP contribution in [0.15, 0.2) is 77.7 Å². The molecule has 8 nitrogen and oxygen atoms in total. The second-order valence-corrected chi connectivity index (χ2v) is 15.0. The number of fused-ring (bicyclic) bond motifs is 1. The fourth-order valence-corrected chi connectivity index (χ4v) is 7.74. The van der Waals surface area contributed by atoms with E-state index >= 15 is 0 Å². The summed E-state index contributed by atoms with van der Waals surface area (Å²) in [6.07, 6.45) is -2.78. The number of ether oxygens (including phenoxy) is 1. The third-order valence-corrected chi connectivity index (χ3v) is 11.4. The highest BCUT2D eigenvalue weighted by Crippen LogP contribution is 2.37. The molecule has 1 amide bonds. The van der Waals surface area contributed by atoms with Crippen LogP contribution in [0.3, 0.4) is 0 Å². The normalized spacial score (nSPS) is 17.7. The summed E-state index contributed by atoms with van der Waals surface area (Å²) in [5, 5.41) is 3.53. The van der Waals surface area contributed by atoms with E-state index in [2.05, 4.69) is 15.1 Å². The van der Waals surface area contributed by atoms with Gasteiger partial charge in [-0.15, -0.1) is 0 Å². The van der Waals surface area contributed by atoms with Crippen LogP contribution >= 0.6 is 0 Å². The van der Waals surface area contributed by atoms with Gasteiger partial charge in [-0.1, -0.05) is 55.5 Å². The molecule has 4 aromatic rings. The second-order valence-electron chi connectivity index (χ2n) is 12.7. The van der Waals surface area contributed by atoms with Crippen molar-refractivity contribution in [1.82, 2.24) is 20.1 Å². The number of hydrogen-bond acceptors (Lipinski definition) is 7. The second kappa shape index (κ2) is 14.6. The molecule has 2 saturated heterocycles. The smallest absolute Gasteiger partial charge is 0.379 e. The van der Waals surface area contributed by atoms with Crippen molar-refractivity contribution in [3.05, 3.63) is 95.1 Å². The van der Waals surface area contributed by atoms with Crippen LogP contribution in [0.25, 0.3) is 22.2 Å². The van der Waals surface area contributed by atoms with Gasteiger partial charge in [0.15, 0.2) is 9.84 Å². The molecule has 1 aromatic heterocycles. The van der Waals surface area contributed by atoms with Gasteiger partial charge in [-0.25, -0.2) is 13.4 Å². The van der Waals surface area contributed by atoms with Gasteiger partial charge >= 0.3 is 6.18 Å². The number of carbonyl (C=O) groups is 1. The van der Waals surface area contributed by atoms with Gasteiger partial charge in [-0.05, 0) is 62.7 Å². The summed E-state index contributed by atoms with van der Waals surface area (Å²) < 4.78 is 73.2. The van der Waals surface area contributed by atoms with Gasteiger partial charge in [0.2, 0.25) is 0 Å². The molecular weight excluding hydrogens is 653 g/mol. The van der Waals surface area contributed by atoms with Crippen LogP contribution in [0.4, 0.5) is 13.2 Å². The maximum atomic E-state index is 14.4. The van der Waals surface area contributed by atoms with Crippen LogP contribution in [0.5, 0.6) is 0 Å². The number of rotatable bonds is 9. The Morgan fingerprint density at radius 3 is 2.37 bits per heavy atom. The molecule has 0 bridgehead atoms. The van der Waals surface area contributed by atoms with Crippen LogP contribution < -0.4 is 5.32 Å². The number of aromatic nitrogens is 1. The predicted octanol–water partition coefficient (Wildman–Crippen LogP) is 6.50. The first-order valence-electron chi connectivity index (χ1n) is 16.7. The number of hydrogen-bond donors (Lipinski definition) is 1. The maximum absolute atomic E-state index is 14.4. The molecule has 0 spiro atoms. The molecule has 3 heterocycles. The third-order valence-electron chi connectivity index (χ3n) is 9.64. The lowest BCUT2D eigenvalue weighted by Gasteiger charge is -2.40. The number of likely N-dealkylation sites (tertiary alicyclic amines) is 1. The van der Waals surface area contributed by atoms with Crippen LogP contribution in [-0.2, 0) is 27.3 Å². The first-order valence-corrected chi connectivity index (χ1v) is 18.4. The minimum Gasteiger partial charge on any atom is -0.379 e. The highest BCUT2D eigenvalue weighted by Gasteiger charge is 2.33.